The molecule has 0 spiro atoms. The standard InChI is InChI=1S/C17H26O3/c1-4-19-14-9-13(10-14)11-16(18)15-8-12(3)6-7-17(15)20-5-2/h6-8,13-14,16,18H,4-5,9-11H2,1-3H3. The first-order valence-corrected chi connectivity index (χ1v) is 7.67. The molecule has 1 aliphatic rings. The Morgan fingerprint density at radius 2 is 2.00 bits per heavy atom. The van der Waals surface area contributed by atoms with E-state index < -0.39 is 6.10 Å². The predicted molar refractivity (Wildman–Crippen MR) is 80.1 cm³/mol. The van der Waals surface area contributed by atoms with Gasteiger partial charge in [0.25, 0.3) is 0 Å². The Bertz CT molecular complexity index is 424. The van der Waals surface area contributed by atoms with Crippen LogP contribution in [0.25, 0.3) is 0 Å². The molecule has 1 atom stereocenters. The van der Waals surface area contributed by atoms with Gasteiger partial charge in [0.15, 0.2) is 0 Å². The molecule has 0 bridgehead atoms. The lowest BCUT2D eigenvalue weighted by atomic mass is 9.77. The number of aryl methyl sites for hydroxylation is 1. The van der Waals surface area contributed by atoms with Gasteiger partial charge in [0.05, 0.1) is 18.8 Å². The first kappa shape index (κ1) is 15.3. The Kier molecular flexibility index (Phi) is 5.44. The third kappa shape index (κ3) is 3.74. The van der Waals surface area contributed by atoms with Gasteiger partial charge in [-0.15, -0.1) is 0 Å². The monoisotopic (exact) mass is 278 g/mol. The second kappa shape index (κ2) is 7.09. The molecule has 0 heterocycles. The van der Waals surface area contributed by atoms with E-state index >= 15 is 0 Å². The van der Waals surface area contributed by atoms with Crippen LogP contribution < -0.4 is 4.74 Å². The molecular formula is C17H26O3. The zero-order valence-electron chi connectivity index (χ0n) is 12.8. The Morgan fingerprint density at radius 1 is 1.25 bits per heavy atom. The van der Waals surface area contributed by atoms with Crippen molar-refractivity contribution in [1.82, 2.24) is 0 Å². The summed E-state index contributed by atoms with van der Waals surface area (Å²) in [4.78, 5) is 0. The number of aliphatic hydroxyl groups excluding tert-OH is 1. The Balaban J connectivity index is 1.95. The number of ether oxygens (including phenoxy) is 2. The summed E-state index contributed by atoms with van der Waals surface area (Å²) in [5.74, 6) is 1.38. The number of hydrogen-bond donors (Lipinski definition) is 1. The van der Waals surface area contributed by atoms with Crippen molar-refractivity contribution in [2.45, 2.75) is 52.2 Å². The smallest absolute Gasteiger partial charge is 0.125 e. The van der Waals surface area contributed by atoms with Crippen LogP contribution in [0, 0.1) is 12.8 Å². The van der Waals surface area contributed by atoms with E-state index in [0.29, 0.717) is 18.6 Å². The Labute approximate surface area is 121 Å². The van der Waals surface area contributed by atoms with Gasteiger partial charge in [-0.1, -0.05) is 11.6 Å². The van der Waals surface area contributed by atoms with E-state index in [0.717, 1.165) is 42.7 Å². The van der Waals surface area contributed by atoms with Gasteiger partial charge in [0.2, 0.25) is 0 Å². The molecule has 1 aliphatic carbocycles. The summed E-state index contributed by atoms with van der Waals surface area (Å²) in [5, 5.41) is 10.5. The van der Waals surface area contributed by atoms with Crippen LogP contribution in [-0.2, 0) is 4.74 Å². The maximum absolute atomic E-state index is 10.5. The SMILES string of the molecule is CCOc1ccc(C)cc1C(O)CC1CC(OCC)C1. The molecule has 0 saturated heterocycles. The molecule has 0 amide bonds. The van der Waals surface area contributed by atoms with Crippen LogP contribution in [0.4, 0.5) is 0 Å². The first-order valence-electron chi connectivity index (χ1n) is 7.67. The minimum Gasteiger partial charge on any atom is -0.493 e. The molecule has 0 aliphatic heterocycles. The van der Waals surface area contributed by atoms with Crippen LogP contribution in [0.3, 0.4) is 0 Å². The highest BCUT2D eigenvalue weighted by Crippen LogP contribution is 2.39. The van der Waals surface area contributed by atoms with Crippen molar-refractivity contribution in [3.8, 4) is 5.75 Å². The zero-order chi connectivity index (χ0) is 14.5. The van der Waals surface area contributed by atoms with E-state index in [1.54, 1.807) is 0 Å². The second-order valence-corrected chi connectivity index (χ2v) is 5.64. The third-order valence-electron chi connectivity index (χ3n) is 3.98. The Hall–Kier alpha value is -1.06. The van der Waals surface area contributed by atoms with Gasteiger partial charge in [0, 0.05) is 12.2 Å². The summed E-state index contributed by atoms with van der Waals surface area (Å²) < 4.78 is 11.2. The summed E-state index contributed by atoms with van der Waals surface area (Å²) in [6.45, 7) is 7.45. The van der Waals surface area contributed by atoms with Crippen molar-refractivity contribution in [2.75, 3.05) is 13.2 Å². The number of rotatable bonds is 7. The van der Waals surface area contributed by atoms with Gasteiger partial charge in [-0.2, -0.15) is 0 Å². The maximum Gasteiger partial charge on any atom is 0.125 e. The predicted octanol–water partition coefficient (Wildman–Crippen LogP) is 3.63. The molecule has 1 aromatic rings. The lowest BCUT2D eigenvalue weighted by Gasteiger charge is -2.36. The Morgan fingerprint density at radius 3 is 2.65 bits per heavy atom. The minimum atomic E-state index is -0.441. The van der Waals surface area contributed by atoms with Crippen LogP contribution in [-0.4, -0.2) is 24.4 Å². The summed E-state index contributed by atoms with van der Waals surface area (Å²) in [6, 6.07) is 6.02. The van der Waals surface area contributed by atoms with Crippen LogP contribution in [0.2, 0.25) is 0 Å². The lowest BCUT2D eigenvalue weighted by Crippen LogP contribution is -2.32. The molecule has 20 heavy (non-hydrogen) atoms. The number of aliphatic hydroxyl groups is 1. The number of hydrogen-bond acceptors (Lipinski definition) is 3. The number of benzene rings is 1. The average Bonchev–Trinajstić information content (AvgIpc) is 2.38. The van der Waals surface area contributed by atoms with Gasteiger partial charge < -0.3 is 14.6 Å². The summed E-state index contributed by atoms with van der Waals surface area (Å²) in [6.07, 6.45) is 2.90. The summed E-state index contributed by atoms with van der Waals surface area (Å²) in [7, 11) is 0. The van der Waals surface area contributed by atoms with Gasteiger partial charge in [-0.25, -0.2) is 0 Å². The minimum absolute atomic E-state index is 0.404. The van der Waals surface area contributed by atoms with Gasteiger partial charge in [0.1, 0.15) is 5.75 Å². The van der Waals surface area contributed by atoms with Gasteiger partial charge in [-0.3, -0.25) is 0 Å². The van der Waals surface area contributed by atoms with E-state index in [1.807, 2.05) is 39.0 Å². The molecule has 3 heteroatoms. The molecular weight excluding hydrogens is 252 g/mol. The van der Waals surface area contributed by atoms with Crippen LogP contribution in [0.5, 0.6) is 5.75 Å². The van der Waals surface area contributed by atoms with Crippen molar-refractivity contribution in [3.63, 3.8) is 0 Å². The van der Waals surface area contributed by atoms with Crippen LogP contribution >= 0.6 is 0 Å². The van der Waals surface area contributed by atoms with Crippen molar-refractivity contribution in [1.29, 1.82) is 0 Å². The molecule has 1 unspecified atom stereocenters. The topological polar surface area (TPSA) is 38.7 Å². The molecule has 1 saturated carbocycles. The highest BCUT2D eigenvalue weighted by molar-refractivity contribution is 5.38. The molecule has 0 radical (unpaired) electrons. The fraction of sp³-hybridized carbons (Fsp3) is 0.647. The summed E-state index contributed by atoms with van der Waals surface area (Å²) in [5.41, 5.74) is 2.08. The second-order valence-electron chi connectivity index (χ2n) is 5.64. The lowest BCUT2D eigenvalue weighted by molar-refractivity contribution is -0.0381. The average molecular weight is 278 g/mol. The van der Waals surface area contributed by atoms with E-state index in [4.69, 9.17) is 9.47 Å². The van der Waals surface area contributed by atoms with Crippen molar-refractivity contribution in [2.24, 2.45) is 5.92 Å². The van der Waals surface area contributed by atoms with Crippen LogP contribution in [0.1, 0.15) is 50.3 Å². The molecule has 1 aromatic carbocycles. The van der Waals surface area contributed by atoms with Crippen molar-refractivity contribution < 1.29 is 14.6 Å². The first-order chi connectivity index (χ1) is 9.63. The van der Waals surface area contributed by atoms with Gasteiger partial charge >= 0.3 is 0 Å². The molecule has 1 N–H and O–H groups in total. The molecule has 112 valence electrons. The third-order valence-corrected chi connectivity index (χ3v) is 3.98. The maximum atomic E-state index is 10.5. The highest BCUT2D eigenvalue weighted by atomic mass is 16.5. The quantitative estimate of drug-likeness (QED) is 0.827. The zero-order valence-corrected chi connectivity index (χ0v) is 12.8. The van der Waals surface area contributed by atoms with E-state index in [-0.39, 0.29) is 0 Å². The molecule has 0 aromatic heterocycles. The van der Waals surface area contributed by atoms with Crippen molar-refractivity contribution >= 4 is 0 Å². The fourth-order valence-corrected chi connectivity index (χ4v) is 2.90. The van der Waals surface area contributed by atoms with E-state index in [1.165, 1.54) is 0 Å². The summed E-state index contributed by atoms with van der Waals surface area (Å²) >= 11 is 0. The van der Waals surface area contributed by atoms with Crippen LogP contribution in [0.15, 0.2) is 18.2 Å². The van der Waals surface area contributed by atoms with E-state index in [9.17, 15) is 5.11 Å². The normalized spacial score (nSPS) is 23.2. The largest absolute Gasteiger partial charge is 0.493 e. The molecule has 2 rings (SSSR count). The van der Waals surface area contributed by atoms with Gasteiger partial charge in [-0.05, 0) is 58.1 Å². The van der Waals surface area contributed by atoms with Crippen molar-refractivity contribution in [3.05, 3.63) is 29.3 Å². The molecule has 1 fully saturated rings. The molecule has 3 nitrogen and oxygen atoms in total. The highest BCUT2D eigenvalue weighted by Gasteiger charge is 2.31. The fourth-order valence-electron chi connectivity index (χ4n) is 2.90. The van der Waals surface area contributed by atoms with E-state index in [2.05, 4.69) is 0 Å².